The van der Waals surface area contributed by atoms with E-state index in [2.05, 4.69) is 10.2 Å². The summed E-state index contributed by atoms with van der Waals surface area (Å²) in [5.41, 5.74) is 0.405. The number of nitrogens with zero attached hydrogens (tertiary/aromatic N) is 2. The molecule has 0 aliphatic rings. The lowest BCUT2D eigenvalue weighted by molar-refractivity contribution is 0.579. The molecule has 0 aliphatic carbocycles. The molecule has 0 spiro atoms. The molecule has 0 aliphatic heterocycles. The molecule has 1 heterocycles. The minimum atomic E-state index is -1.15. The maximum absolute atomic E-state index is 14.0. The number of H-pyrrole nitrogens is 2. The van der Waals surface area contributed by atoms with E-state index in [1.54, 1.807) is 13.0 Å². The third kappa shape index (κ3) is 2.19. The lowest BCUT2D eigenvalue weighted by atomic mass is 9.82. The first-order valence-electron chi connectivity index (χ1n) is 5.91. The monoisotopic (exact) mass is 270 g/mol. The molecular weight excluding hydrogens is 259 g/mol. The number of aryl methyl sites for hydroxylation is 1. The third-order valence-electron chi connectivity index (χ3n) is 3.17. The molecule has 0 amide bonds. The van der Waals surface area contributed by atoms with Crippen LogP contribution in [-0.4, -0.2) is 10.2 Å². The summed E-state index contributed by atoms with van der Waals surface area (Å²) in [5, 5.41) is 23.2. The van der Waals surface area contributed by atoms with Crippen molar-refractivity contribution in [3.8, 4) is 12.1 Å². The summed E-state index contributed by atoms with van der Waals surface area (Å²) < 4.78 is 14.0. The van der Waals surface area contributed by atoms with E-state index in [-0.39, 0.29) is 11.1 Å². The molecule has 2 aromatic rings. The predicted octanol–water partition coefficient (Wildman–Crippen LogP) is 1.95. The fraction of sp³-hybridized carbons (Fsp3) is 0.214. The third-order valence-corrected chi connectivity index (χ3v) is 3.17. The summed E-state index contributed by atoms with van der Waals surface area (Å²) in [4.78, 5) is 11.9. The van der Waals surface area contributed by atoms with Crippen LogP contribution in [0.15, 0.2) is 29.1 Å². The number of nitriles is 2. The molecule has 0 unspecified atom stereocenters. The summed E-state index contributed by atoms with van der Waals surface area (Å²) >= 11 is 0. The van der Waals surface area contributed by atoms with Gasteiger partial charge in [-0.1, -0.05) is 18.2 Å². The Balaban J connectivity index is 2.71. The van der Waals surface area contributed by atoms with Crippen LogP contribution in [0, 0.1) is 41.3 Å². The zero-order chi connectivity index (χ0) is 14.7. The quantitative estimate of drug-likeness (QED) is 0.892. The summed E-state index contributed by atoms with van der Waals surface area (Å²) in [6, 6.07) is 9.49. The highest BCUT2D eigenvalue weighted by atomic mass is 19.1. The second-order valence-electron chi connectivity index (χ2n) is 4.35. The number of halogens is 1. The maximum atomic E-state index is 14.0. The molecule has 0 saturated carbocycles. The maximum Gasteiger partial charge on any atom is 0.268 e. The molecule has 5 nitrogen and oxygen atoms in total. The van der Waals surface area contributed by atoms with E-state index in [1.807, 2.05) is 12.1 Å². The predicted molar refractivity (Wildman–Crippen MR) is 69.1 cm³/mol. The van der Waals surface area contributed by atoms with Crippen molar-refractivity contribution in [1.29, 1.82) is 10.5 Å². The van der Waals surface area contributed by atoms with Crippen LogP contribution in [0.5, 0.6) is 0 Å². The van der Waals surface area contributed by atoms with Crippen LogP contribution >= 0.6 is 0 Å². The SMILES string of the molecule is Cc1[nH][nH]c(=O)c1[C@H](c1ccccc1F)C(C#N)C#N. The molecule has 1 aromatic carbocycles. The van der Waals surface area contributed by atoms with Crippen molar-refractivity contribution in [2.24, 2.45) is 5.92 Å². The average molecular weight is 270 g/mol. The second kappa shape index (κ2) is 5.41. The zero-order valence-corrected chi connectivity index (χ0v) is 10.6. The molecule has 20 heavy (non-hydrogen) atoms. The summed E-state index contributed by atoms with van der Waals surface area (Å²) in [5.74, 6) is -2.63. The van der Waals surface area contributed by atoms with Crippen LogP contribution in [0.2, 0.25) is 0 Å². The first-order chi connectivity index (χ1) is 9.60. The highest BCUT2D eigenvalue weighted by Gasteiger charge is 2.31. The zero-order valence-electron chi connectivity index (χ0n) is 10.6. The van der Waals surface area contributed by atoms with Crippen LogP contribution in [0.1, 0.15) is 22.7 Å². The molecule has 1 atom stereocenters. The van der Waals surface area contributed by atoms with Gasteiger partial charge < -0.3 is 5.10 Å². The van der Waals surface area contributed by atoms with Crippen molar-refractivity contribution >= 4 is 0 Å². The van der Waals surface area contributed by atoms with E-state index < -0.39 is 23.2 Å². The molecule has 100 valence electrons. The van der Waals surface area contributed by atoms with E-state index in [4.69, 9.17) is 10.5 Å². The smallest absolute Gasteiger partial charge is 0.268 e. The van der Waals surface area contributed by atoms with Crippen LogP contribution in [0.3, 0.4) is 0 Å². The minimum absolute atomic E-state index is 0.161. The number of rotatable bonds is 3. The van der Waals surface area contributed by atoms with Gasteiger partial charge in [0.15, 0.2) is 0 Å². The largest absolute Gasteiger partial charge is 0.302 e. The Morgan fingerprint density at radius 3 is 2.35 bits per heavy atom. The Morgan fingerprint density at radius 2 is 1.85 bits per heavy atom. The minimum Gasteiger partial charge on any atom is -0.302 e. The lowest BCUT2D eigenvalue weighted by Crippen LogP contribution is -2.20. The number of aromatic nitrogens is 2. The number of aromatic amines is 2. The Morgan fingerprint density at radius 1 is 1.20 bits per heavy atom. The van der Waals surface area contributed by atoms with Gasteiger partial charge in [0.1, 0.15) is 11.7 Å². The van der Waals surface area contributed by atoms with Crippen molar-refractivity contribution in [1.82, 2.24) is 10.2 Å². The fourth-order valence-corrected chi connectivity index (χ4v) is 2.24. The standard InChI is InChI=1S/C14H11FN4O/c1-8-12(14(20)19-18-8)13(9(6-16)7-17)10-4-2-3-5-11(10)15/h2-5,9,13H,1H3,(H2,18,19,20)/t13-/m0/s1. The number of benzene rings is 1. The van der Waals surface area contributed by atoms with Crippen LogP contribution < -0.4 is 5.56 Å². The first kappa shape index (κ1) is 13.6. The Labute approximate surface area is 114 Å². The topological polar surface area (TPSA) is 96.2 Å². The molecule has 2 rings (SSSR count). The summed E-state index contributed by atoms with van der Waals surface area (Å²) in [6.07, 6.45) is 0. The van der Waals surface area contributed by atoms with Gasteiger partial charge >= 0.3 is 0 Å². The van der Waals surface area contributed by atoms with Gasteiger partial charge in [0, 0.05) is 17.2 Å². The molecule has 2 N–H and O–H groups in total. The first-order valence-corrected chi connectivity index (χ1v) is 5.91. The van der Waals surface area contributed by atoms with Crippen molar-refractivity contribution in [2.45, 2.75) is 12.8 Å². The van der Waals surface area contributed by atoms with Gasteiger partial charge in [0.25, 0.3) is 5.56 Å². The molecule has 6 heteroatoms. The lowest BCUT2D eigenvalue weighted by Gasteiger charge is -2.17. The van der Waals surface area contributed by atoms with Gasteiger partial charge in [-0.15, -0.1) is 0 Å². The molecule has 1 aromatic heterocycles. The Hall–Kier alpha value is -2.86. The molecule has 0 radical (unpaired) electrons. The van der Waals surface area contributed by atoms with Gasteiger partial charge in [-0.25, -0.2) is 4.39 Å². The molecule has 0 bridgehead atoms. The van der Waals surface area contributed by atoms with Crippen molar-refractivity contribution < 1.29 is 4.39 Å². The van der Waals surface area contributed by atoms with Gasteiger partial charge in [0.05, 0.1) is 12.1 Å². The van der Waals surface area contributed by atoms with Crippen molar-refractivity contribution in [2.75, 3.05) is 0 Å². The number of hydrogen-bond donors (Lipinski definition) is 2. The Bertz CT molecular complexity index is 748. The molecular formula is C14H11FN4O. The normalized spacial score (nSPS) is 11.8. The van der Waals surface area contributed by atoms with Crippen molar-refractivity contribution in [3.63, 3.8) is 0 Å². The van der Waals surface area contributed by atoms with E-state index in [9.17, 15) is 9.18 Å². The van der Waals surface area contributed by atoms with Gasteiger partial charge in [-0.3, -0.25) is 9.89 Å². The van der Waals surface area contributed by atoms with Crippen LogP contribution in [0.4, 0.5) is 4.39 Å². The highest BCUT2D eigenvalue weighted by Crippen LogP contribution is 2.32. The summed E-state index contributed by atoms with van der Waals surface area (Å²) in [7, 11) is 0. The molecule has 0 fully saturated rings. The molecule has 0 saturated heterocycles. The number of nitrogens with one attached hydrogen (secondary N) is 2. The summed E-state index contributed by atoms with van der Waals surface area (Å²) in [6.45, 7) is 1.63. The van der Waals surface area contributed by atoms with E-state index in [0.717, 1.165) is 0 Å². The highest BCUT2D eigenvalue weighted by molar-refractivity contribution is 5.38. The van der Waals surface area contributed by atoms with Crippen molar-refractivity contribution in [3.05, 3.63) is 57.3 Å². The van der Waals surface area contributed by atoms with E-state index in [0.29, 0.717) is 5.69 Å². The average Bonchev–Trinajstić information content (AvgIpc) is 2.77. The van der Waals surface area contributed by atoms with Gasteiger partial charge in [-0.2, -0.15) is 10.5 Å². The van der Waals surface area contributed by atoms with Crippen LogP contribution in [-0.2, 0) is 0 Å². The van der Waals surface area contributed by atoms with Gasteiger partial charge in [0.2, 0.25) is 0 Å². The second-order valence-corrected chi connectivity index (χ2v) is 4.35. The van der Waals surface area contributed by atoms with Gasteiger partial charge in [-0.05, 0) is 18.6 Å². The van der Waals surface area contributed by atoms with E-state index in [1.165, 1.54) is 18.2 Å². The van der Waals surface area contributed by atoms with Crippen LogP contribution in [0.25, 0.3) is 0 Å². The number of hydrogen-bond acceptors (Lipinski definition) is 3. The Kier molecular flexibility index (Phi) is 3.67. The van der Waals surface area contributed by atoms with E-state index >= 15 is 0 Å². The fourth-order valence-electron chi connectivity index (χ4n) is 2.24.